The predicted molar refractivity (Wildman–Crippen MR) is 77.3 cm³/mol. The summed E-state index contributed by atoms with van der Waals surface area (Å²) >= 11 is 1.77. The summed E-state index contributed by atoms with van der Waals surface area (Å²) in [6, 6.07) is 5.21. The fourth-order valence-electron chi connectivity index (χ4n) is 1.55. The first-order valence-electron chi connectivity index (χ1n) is 5.81. The molecule has 100 valence electrons. The Morgan fingerprint density at radius 2 is 2.28 bits per heavy atom. The Morgan fingerprint density at radius 3 is 2.83 bits per heavy atom. The molecule has 18 heavy (non-hydrogen) atoms. The lowest BCUT2D eigenvalue weighted by molar-refractivity contribution is 0.0939. The van der Waals surface area contributed by atoms with Crippen LogP contribution in [0.1, 0.15) is 23.7 Å². The highest BCUT2D eigenvalue weighted by atomic mass is 32.2. The van der Waals surface area contributed by atoms with E-state index in [1.54, 1.807) is 37.1 Å². The van der Waals surface area contributed by atoms with E-state index < -0.39 is 0 Å². The molecule has 1 amide bonds. The van der Waals surface area contributed by atoms with E-state index in [0.717, 1.165) is 12.2 Å². The van der Waals surface area contributed by atoms with E-state index >= 15 is 0 Å². The molecule has 0 aliphatic carbocycles. The smallest absolute Gasteiger partial charge is 0.251 e. The van der Waals surface area contributed by atoms with Gasteiger partial charge in [0.1, 0.15) is 5.75 Å². The Hall–Kier alpha value is -1.36. The minimum atomic E-state index is -0.0991. The van der Waals surface area contributed by atoms with Crippen molar-refractivity contribution in [3.63, 3.8) is 0 Å². The summed E-state index contributed by atoms with van der Waals surface area (Å²) in [6.07, 6.45) is 3.01. The number of benzene rings is 1. The molecule has 0 spiro atoms. The third-order valence-electron chi connectivity index (χ3n) is 2.62. The molecule has 0 fully saturated rings. The van der Waals surface area contributed by atoms with Gasteiger partial charge in [-0.3, -0.25) is 4.79 Å². The van der Waals surface area contributed by atoms with E-state index in [4.69, 9.17) is 10.5 Å². The number of amides is 1. The molecule has 0 aliphatic rings. The summed E-state index contributed by atoms with van der Waals surface area (Å²) in [7, 11) is 1.55. The number of nitrogens with one attached hydrogen (secondary N) is 1. The molecule has 5 heteroatoms. The molecule has 0 saturated carbocycles. The highest BCUT2D eigenvalue weighted by Crippen LogP contribution is 2.21. The summed E-state index contributed by atoms with van der Waals surface area (Å²) in [6.45, 7) is 2.00. The maximum Gasteiger partial charge on any atom is 0.251 e. The third-order valence-corrected chi connectivity index (χ3v) is 3.27. The Bertz CT molecular complexity index is 410. The quantitative estimate of drug-likeness (QED) is 0.776. The second-order valence-corrected chi connectivity index (χ2v) is 5.10. The molecular weight excluding hydrogens is 248 g/mol. The molecule has 3 N–H and O–H groups in total. The van der Waals surface area contributed by atoms with Crippen LogP contribution in [0.5, 0.6) is 5.75 Å². The minimum absolute atomic E-state index is 0.0991. The number of methoxy groups -OCH3 is 1. The van der Waals surface area contributed by atoms with Gasteiger partial charge in [-0.15, -0.1) is 0 Å². The fraction of sp³-hybridized carbons (Fsp3) is 0.462. The van der Waals surface area contributed by atoms with E-state index in [9.17, 15) is 4.79 Å². The maximum atomic E-state index is 12.0. The van der Waals surface area contributed by atoms with E-state index in [1.165, 1.54) is 0 Å². The van der Waals surface area contributed by atoms with Crippen LogP contribution in [-0.4, -0.2) is 31.1 Å². The second-order valence-electron chi connectivity index (χ2n) is 4.11. The molecule has 0 heterocycles. The molecule has 1 aromatic carbocycles. The van der Waals surface area contributed by atoms with Crippen LogP contribution in [0, 0.1) is 0 Å². The van der Waals surface area contributed by atoms with Crippen molar-refractivity contribution in [1.82, 2.24) is 5.32 Å². The molecule has 4 nitrogen and oxygen atoms in total. The SMILES string of the molecule is COc1ccc(C(=O)NC(C)CCSC)cc1N. The number of thioether (sulfide) groups is 1. The average molecular weight is 268 g/mol. The normalized spacial score (nSPS) is 11.9. The van der Waals surface area contributed by atoms with Crippen LogP contribution in [0.4, 0.5) is 5.69 Å². The van der Waals surface area contributed by atoms with Crippen LogP contribution in [0.15, 0.2) is 18.2 Å². The first-order chi connectivity index (χ1) is 8.58. The number of anilines is 1. The van der Waals surface area contributed by atoms with Crippen LogP contribution >= 0.6 is 11.8 Å². The topological polar surface area (TPSA) is 64.3 Å². The van der Waals surface area contributed by atoms with Crippen molar-refractivity contribution in [2.45, 2.75) is 19.4 Å². The molecular formula is C13H20N2O2S. The van der Waals surface area contributed by atoms with Gasteiger partial charge in [0, 0.05) is 11.6 Å². The van der Waals surface area contributed by atoms with E-state index in [1.807, 2.05) is 6.92 Å². The number of carbonyl (C=O) groups is 1. The lowest BCUT2D eigenvalue weighted by atomic mass is 10.1. The van der Waals surface area contributed by atoms with Gasteiger partial charge in [-0.25, -0.2) is 0 Å². The van der Waals surface area contributed by atoms with Crippen LogP contribution in [-0.2, 0) is 0 Å². The molecule has 1 unspecified atom stereocenters. The number of carbonyl (C=O) groups excluding carboxylic acids is 1. The number of hydrogen-bond acceptors (Lipinski definition) is 4. The first kappa shape index (κ1) is 14.7. The molecule has 0 aliphatic heterocycles. The van der Waals surface area contributed by atoms with Gasteiger partial charge in [-0.05, 0) is 43.6 Å². The number of nitrogens with two attached hydrogens (primary N) is 1. The largest absolute Gasteiger partial charge is 0.495 e. The highest BCUT2D eigenvalue weighted by molar-refractivity contribution is 7.98. The Morgan fingerprint density at radius 1 is 1.56 bits per heavy atom. The molecule has 0 aromatic heterocycles. The number of nitrogen functional groups attached to an aromatic ring is 1. The zero-order chi connectivity index (χ0) is 13.5. The van der Waals surface area contributed by atoms with Gasteiger partial charge in [0.15, 0.2) is 0 Å². The van der Waals surface area contributed by atoms with Crippen molar-refractivity contribution in [2.75, 3.05) is 24.9 Å². The minimum Gasteiger partial charge on any atom is -0.495 e. The summed E-state index contributed by atoms with van der Waals surface area (Å²) in [5.74, 6) is 1.52. The predicted octanol–water partition coefficient (Wildman–Crippen LogP) is 2.15. The highest BCUT2D eigenvalue weighted by Gasteiger charge is 2.11. The summed E-state index contributed by atoms with van der Waals surface area (Å²) in [4.78, 5) is 12.0. The van der Waals surface area contributed by atoms with Crippen molar-refractivity contribution in [2.24, 2.45) is 0 Å². The number of hydrogen-bond donors (Lipinski definition) is 2. The van der Waals surface area contributed by atoms with E-state index in [0.29, 0.717) is 17.0 Å². The maximum absolute atomic E-state index is 12.0. The summed E-state index contributed by atoms with van der Waals surface area (Å²) in [5, 5.41) is 2.95. The number of ether oxygens (including phenoxy) is 1. The summed E-state index contributed by atoms with van der Waals surface area (Å²) in [5.41, 5.74) is 6.81. The molecule has 0 saturated heterocycles. The Balaban J connectivity index is 2.64. The van der Waals surface area contributed by atoms with Gasteiger partial charge < -0.3 is 15.8 Å². The van der Waals surface area contributed by atoms with Gasteiger partial charge in [-0.1, -0.05) is 0 Å². The molecule has 0 bridgehead atoms. The van der Waals surface area contributed by atoms with Crippen LogP contribution in [0.25, 0.3) is 0 Å². The van der Waals surface area contributed by atoms with Crippen LogP contribution in [0.3, 0.4) is 0 Å². The van der Waals surface area contributed by atoms with Crippen molar-refractivity contribution >= 4 is 23.4 Å². The molecule has 1 atom stereocenters. The molecule has 1 rings (SSSR count). The van der Waals surface area contributed by atoms with Crippen molar-refractivity contribution in [3.05, 3.63) is 23.8 Å². The van der Waals surface area contributed by atoms with E-state index in [-0.39, 0.29) is 11.9 Å². The average Bonchev–Trinajstić information content (AvgIpc) is 2.36. The summed E-state index contributed by atoms with van der Waals surface area (Å²) < 4.78 is 5.05. The lowest BCUT2D eigenvalue weighted by Crippen LogP contribution is -2.32. The third kappa shape index (κ3) is 4.14. The Labute approximate surface area is 112 Å². The van der Waals surface area contributed by atoms with Gasteiger partial charge in [-0.2, -0.15) is 11.8 Å². The van der Waals surface area contributed by atoms with Crippen LogP contribution in [0.2, 0.25) is 0 Å². The zero-order valence-electron chi connectivity index (χ0n) is 11.0. The van der Waals surface area contributed by atoms with Crippen molar-refractivity contribution in [1.29, 1.82) is 0 Å². The van der Waals surface area contributed by atoms with Gasteiger partial charge in [0.05, 0.1) is 12.8 Å². The van der Waals surface area contributed by atoms with Crippen molar-refractivity contribution in [3.8, 4) is 5.75 Å². The van der Waals surface area contributed by atoms with Crippen molar-refractivity contribution < 1.29 is 9.53 Å². The first-order valence-corrected chi connectivity index (χ1v) is 7.21. The monoisotopic (exact) mass is 268 g/mol. The molecule has 0 radical (unpaired) electrons. The van der Waals surface area contributed by atoms with Crippen LogP contribution < -0.4 is 15.8 Å². The molecule has 1 aromatic rings. The van der Waals surface area contributed by atoms with E-state index in [2.05, 4.69) is 11.6 Å². The van der Waals surface area contributed by atoms with Gasteiger partial charge >= 0.3 is 0 Å². The standard InChI is InChI=1S/C13H20N2O2S/c1-9(6-7-18-3)15-13(16)10-4-5-12(17-2)11(14)8-10/h4-5,8-9H,6-7,14H2,1-3H3,(H,15,16). The lowest BCUT2D eigenvalue weighted by Gasteiger charge is -2.14. The number of rotatable bonds is 6. The van der Waals surface area contributed by atoms with Gasteiger partial charge in [0.2, 0.25) is 0 Å². The fourth-order valence-corrected chi connectivity index (χ4v) is 2.14. The Kier molecular flexibility index (Phi) is 5.85. The zero-order valence-corrected chi connectivity index (χ0v) is 11.8. The second kappa shape index (κ2) is 7.16. The van der Waals surface area contributed by atoms with Gasteiger partial charge in [0.25, 0.3) is 5.91 Å².